The molecule has 24 heavy (non-hydrogen) atoms. The molecule has 0 spiro atoms. The van der Waals surface area contributed by atoms with Crippen molar-refractivity contribution in [1.29, 1.82) is 0 Å². The Kier molecular flexibility index (Phi) is 4.37. The highest BCUT2D eigenvalue weighted by molar-refractivity contribution is 6.12. The van der Waals surface area contributed by atoms with E-state index in [1.54, 1.807) is 43.3 Å². The number of carbonyl (C=O) groups is 2. The Morgan fingerprint density at radius 3 is 2.42 bits per heavy atom. The lowest BCUT2D eigenvalue weighted by Gasteiger charge is -2.12. The van der Waals surface area contributed by atoms with E-state index in [9.17, 15) is 14.0 Å². The van der Waals surface area contributed by atoms with Crippen LogP contribution in [-0.2, 0) is 11.3 Å². The lowest BCUT2D eigenvalue weighted by molar-refractivity contribution is -0.116. The third-order valence-electron chi connectivity index (χ3n) is 3.65. The number of rotatable bonds is 4. The predicted octanol–water partition coefficient (Wildman–Crippen LogP) is 2.87. The van der Waals surface area contributed by atoms with Crippen molar-refractivity contribution in [3.63, 3.8) is 0 Å². The van der Waals surface area contributed by atoms with Gasteiger partial charge in [0.15, 0.2) is 0 Å². The van der Waals surface area contributed by atoms with Crippen molar-refractivity contribution in [2.45, 2.75) is 19.9 Å². The zero-order valence-corrected chi connectivity index (χ0v) is 13.1. The molecule has 5 nitrogen and oxygen atoms in total. The van der Waals surface area contributed by atoms with E-state index in [0.29, 0.717) is 24.2 Å². The molecule has 0 bridgehead atoms. The first kappa shape index (κ1) is 15.9. The third-order valence-corrected chi connectivity index (χ3v) is 3.65. The number of amides is 2. The van der Waals surface area contributed by atoms with Crippen LogP contribution in [0.4, 0.5) is 10.1 Å². The summed E-state index contributed by atoms with van der Waals surface area (Å²) in [5.74, 6) is -0.630. The topological polar surface area (TPSA) is 61.8 Å². The van der Waals surface area contributed by atoms with Gasteiger partial charge in [0.05, 0.1) is 12.1 Å². The minimum Gasteiger partial charge on any atom is -0.348 e. The van der Waals surface area contributed by atoms with Gasteiger partial charge < -0.3 is 5.32 Å². The van der Waals surface area contributed by atoms with Gasteiger partial charge >= 0.3 is 0 Å². The smallest absolute Gasteiger partial charge is 0.253 e. The molecule has 2 aromatic carbocycles. The second-order valence-electron chi connectivity index (χ2n) is 5.57. The van der Waals surface area contributed by atoms with Crippen LogP contribution in [-0.4, -0.2) is 17.5 Å². The second kappa shape index (κ2) is 6.62. The summed E-state index contributed by atoms with van der Waals surface area (Å²) in [6.07, 6.45) is 0.319. The van der Waals surface area contributed by atoms with Crippen molar-refractivity contribution in [2.75, 3.05) is 5.01 Å². The van der Waals surface area contributed by atoms with Crippen LogP contribution >= 0.6 is 0 Å². The summed E-state index contributed by atoms with van der Waals surface area (Å²) in [5, 5.41) is 8.28. The van der Waals surface area contributed by atoms with Gasteiger partial charge in [-0.2, -0.15) is 5.10 Å². The molecule has 0 aromatic heterocycles. The summed E-state index contributed by atoms with van der Waals surface area (Å²) in [4.78, 5) is 23.9. The fourth-order valence-electron chi connectivity index (χ4n) is 2.40. The van der Waals surface area contributed by atoms with Crippen molar-refractivity contribution in [3.8, 4) is 0 Å². The number of nitrogens with zero attached hydrogens (tertiary/aromatic N) is 2. The van der Waals surface area contributed by atoms with E-state index in [-0.39, 0.29) is 17.6 Å². The summed E-state index contributed by atoms with van der Waals surface area (Å²) in [6.45, 7) is 2.12. The molecule has 0 aliphatic carbocycles. The highest BCUT2D eigenvalue weighted by Crippen LogP contribution is 2.21. The molecule has 6 heteroatoms. The molecular formula is C18H16FN3O2. The lowest BCUT2D eigenvalue weighted by atomic mass is 10.1. The Bertz CT molecular complexity index is 798. The highest BCUT2D eigenvalue weighted by atomic mass is 19.1. The minimum absolute atomic E-state index is 0.0824. The summed E-state index contributed by atoms with van der Waals surface area (Å²) in [5.41, 5.74) is 2.69. The molecular weight excluding hydrogens is 309 g/mol. The summed E-state index contributed by atoms with van der Waals surface area (Å²) >= 11 is 0. The maximum absolute atomic E-state index is 12.8. The van der Waals surface area contributed by atoms with Crippen LogP contribution in [0, 0.1) is 5.82 Å². The number of carbonyl (C=O) groups excluding carboxylic acids is 2. The molecule has 1 aliphatic rings. The van der Waals surface area contributed by atoms with Crippen molar-refractivity contribution in [1.82, 2.24) is 5.32 Å². The molecule has 1 heterocycles. The van der Waals surface area contributed by atoms with E-state index in [2.05, 4.69) is 10.4 Å². The van der Waals surface area contributed by atoms with E-state index in [1.165, 1.54) is 17.1 Å². The monoisotopic (exact) mass is 325 g/mol. The number of hydrogen-bond acceptors (Lipinski definition) is 3. The summed E-state index contributed by atoms with van der Waals surface area (Å²) in [6, 6.07) is 12.6. The second-order valence-corrected chi connectivity index (χ2v) is 5.57. The standard InChI is InChI=1S/C18H16FN3O2/c1-12-10-17(23)22(21-12)16-8-4-14(5-9-16)18(24)20-11-13-2-6-15(19)7-3-13/h2-9H,10-11H2,1H3,(H,20,24). The Balaban J connectivity index is 1.63. The highest BCUT2D eigenvalue weighted by Gasteiger charge is 2.22. The van der Waals surface area contributed by atoms with E-state index in [1.807, 2.05) is 0 Å². The number of nitrogens with one attached hydrogen (secondary N) is 1. The average Bonchev–Trinajstić information content (AvgIpc) is 2.92. The largest absolute Gasteiger partial charge is 0.348 e. The number of hydrazone groups is 1. The van der Waals surface area contributed by atoms with Gasteiger partial charge in [-0.15, -0.1) is 0 Å². The number of anilines is 1. The molecule has 0 radical (unpaired) electrons. The van der Waals surface area contributed by atoms with Gasteiger partial charge in [-0.05, 0) is 48.9 Å². The first-order chi connectivity index (χ1) is 11.5. The Morgan fingerprint density at radius 2 is 1.83 bits per heavy atom. The summed E-state index contributed by atoms with van der Waals surface area (Å²) < 4.78 is 12.8. The fraction of sp³-hybridized carbons (Fsp3) is 0.167. The SMILES string of the molecule is CC1=NN(c2ccc(C(=O)NCc3ccc(F)cc3)cc2)C(=O)C1. The molecule has 1 aliphatic heterocycles. The Hall–Kier alpha value is -3.02. The Morgan fingerprint density at radius 1 is 1.17 bits per heavy atom. The molecule has 122 valence electrons. The molecule has 0 saturated carbocycles. The van der Waals surface area contributed by atoms with Gasteiger partial charge in [0.1, 0.15) is 5.82 Å². The van der Waals surface area contributed by atoms with Crippen LogP contribution in [0.25, 0.3) is 0 Å². The first-order valence-corrected chi connectivity index (χ1v) is 7.52. The quantitative estimate of drug-likeness (QED) is 0.939. The van der Waals surface area contributed by atoms with E-state index < -0.39 is 0 Å². The van der Waals surface area contributed by atoms with Crippen LogP contribution in [0.3, 0.4) is 0 Å². The average molecular weight is 325 g/mol. The van der Waals surface area contributed by atoms with Gasteiger partial charge in [-0.1, -0.05) is 12.1 Å². The lowest BCUT2D eigenvalue weighted by Crippen LogP contribution is -2.23. The van der Waals surface area contributed by atoms with Gasteiger partial charge in [0.2, 0.25) is 0 Å². The normalized spacial score (nSPS) is 13.8. The molecule has 3 rings (SSSR count). The molecule has 0 atom stereocenters. The van der Waals surface area contributed by atoms with Gasteiger partial charge in [-0.25, -0.2) is 9.40 Å². The van der Waals surface area contributed by atoms with Gasteiger partial charge in [0.25, 0.3) is 11.8 Å². The predicted molar refractivity (Wildman–Crippen MR) is 89.2 cm³/mol. The van der Waals surface area contributed by atoms with E-state index in [4.69, 9.17) is 0 Å². The maximum Gasteiger partial charge on any atom is 0.253 e. The van der Waals surface area contributed by atoms with Gasteiger partial charge in [-0.3, -0.25) is 9.59 Å². The minimum atomic E-state index is -0.310. The zero-order valence-electron chi connectivity index (χ0n) is 13.1. The number of benzene rings is 2. The zero-order chi connectivity index (χ0) is 17.1. The van der Waals surface area contributed by atoms with Crippen LogP contribution in [0.2, 0.25) is 0 Å². The van der Waals surface area contributed by atoms with Crippen LogP contribution in [0.1, 0.15) is 29.3 Å². The molecule has 0 fully saturated rings. The molecule has 0 unspecified atom stereocenters. The van der Waals surface area contributed by atoms with Crippen molar-refractivity contribution in [3.05, 3.63) is 65.5 Å². The molecule has 2 aromatic rings. The van der Waals surface area contributed by atoms with E-state index in [0.717, 1.165) is 11.3 Å². The van der Waals surface area contributed by atoms with E-state index >= 15 is 0 Å². The van der Waals surface area contributed by atoms with Crippen LogP contribution in [0.5, 0.6) is 0 Å². The van der Waals surface area contributed by atoms with Gasteiger partial charge in [0, 0.05) is 17.8 Å². The van der Waals surface area contributed by atoms with Crippen molar-refractivity contribution >= 4 is 23.2 Å². The van der Waals surface area contributed by atoms with Crippen LogP contribution < -0.4 is 10.3 Å². The fourth-order valence-corrected chi connectivity index (χ4v) is 2.40. The third kappa shape index (κ3) is 3.48. The molecule has 1 N–H and O–H groups in total. The number of halogens is 1. The van der Waals surface area contributed by atoms with Crippen molar-refractivity contribution < 1.29 is 14.0 Å². The Labute approximate surface area is 138 Å². The first-order valence-electron chi connectivity index (χ1n) is 7.52. The summed E-state index contributed by atoms with van der Waals surface area (Å²) in [7, 11) is 0. The molecule has 0 saturated heterocycles. The van der Waals surface area contributed by atoms with Crippen LogP contribution in [0.15, 0.2) is 53.6 Å². The number of hydrogen-bond donors (Lipinski definition) is 1. The maximum atomic E-state index is 12.8. The van der Waals surface area contributed by atoms with Crippen molar-refractivity contribution in [2.24, 2.45) is 5.10 Å². The molecule has 2 amide bonds.